The summed E-state index contributed by atoms with van der Waals surface area (Å²) in [6.45, 7) is 9.06. The molecule has 0 heterocycles. The number of hydrogen-bond acceptors (Lipinski definition) is 0. The lowest BCUT2D eigenvalue weighted by Crippen LogP contribution is -1.97. The maximum absolute atomic E-state index is 3.76. The first-order valence-corrected chi connectivity index (χ1v) is 7.13. The van der Waals surface area contributed by atoms with Crippen LogP contribution in [0, 0.1) is 11.8 Å². The lowest BCUT2D eigenvalue weighted by atomic mass is 9.98. The molecular weight excluding hydrogens is 260 g/mol. The Balaban J connectivity index is 2.63. The molecule has 0 aliphatic heterocycles. The molecule has 1 atom stereocenters. The summed E-state index contributed by atoms with van der Waals surface area (Å²) < 4.78 is 0. The molecule has 16 heavy (non-hydrogen) atoms. The van der Waals surface area contributed by atoms with Gasteiger partial charge in [-0.05, 0) is 35.8 Å². The van der Waals surface area contributed by atoms with Gasteiger partial charge in [-0.3, -0.25) is 0 Å². The first-order chi connectivity index (χ1) is 7.49. The Labute approximate surface area is 109 Å². The van der Waals surface area contributed by atoms with E-state index in [0.717, 1.165) is 11.8 Å². The smallest absolute Gasteiger partial charge is 0.0397 e. The Morgan fingerprint density at radius 3 is 1.94 bits per heavy atom. The normalized spacial score (nSPS) is 13.4. The van der Waals surface area contributed by atoms with Gasteiger partial charge in [0.2, 0.25) is 0 Å². The number of halogens is 1. The second-order valence-electron chi connectivity index (χ2n) is 5.44. The van der Waals surface area contributed by atoms with Crippen LogP contribution in [0.3, 0.4) is 0 Å². The van der Waals surface area contributed by atoms with E-state index in [1.165, 1.54) is 24.0 Å². The zero-order valence-electron chi connectivity index (χ0n) is 10.8. The molecule has 1 aromatic carbocycles. The minimum absolute atomic E-state index is 0.501. The lowest BCUT2D eigenvalue weighted by molar-refractivity contribution is 0.583. The fraction of sp³-hybridized carbons (Fsp3) is 0.600. The molecule has 0 saturated heterocycles. The van der Waals surface area contributed by atoms with Gasteiger partial charge in [0.05, 0.1) is 0 Å². The minimum atomic E-state index is 0.501. The van der Waals surface area contributed by atoms with E-state index >= 15 is 0 Å². The molecule has 90 valence electrons. The number of alkyl halides is 1. The summed E-state index contributed by atoms with van der Waals surface area (Å²) in [7, 11) is 0. The first-order valence-electron chi connectivity index (χ1n) is 6.22. The molecule has 0 radical (unpaired) electrons. The highest BCUT2D eigenvalue weighted by molar-refractivity contribution is 9.09. The van der Waals surface area contributed by atoms with E-state index in [1.54, 1.807) is 0 Å². The van der Waals surface area contributed by atoms with Gasteiger partial charge in [-0.1, -0.05) is 67.9 Å². The fourth-order valence-corrected chi connectivity index (χ4v) is 2.94. The van der Waals surface area contributed by atoms with Crippen molar-refractivity contribution in [3.8, 4) is 0 Å². The van der Waals surface area contributed by atoms with Crippen molar-refractivity contribution >= 4 is 15.9 Å². The molecule has 1 unspecified atom stereocenters. The Morgan fingerprint density at radius 2 is 1.50 bits per heavy atom. The Bertz CT molecular complexity index is 298. The zero-order chi connectivity index (χ0) is 12.1. The van der Waals surface area contributed by atoms with Gasteiger partial charge in [0.1, 0.15) is 0 Å². The highest BCUT2D eigenvalue weighted by atomic mass is 79.9. The van der Waals surface area contributed by atoms with Crippen molar-refractivity contribution in [3.63, 3.8) is 0 Å². The van der Waals surface area contributed by atoms with Crippen molar-refractivity contribution in [2.45, 2.75) is 45.4 Å². The summed E-state index contributed by atoms with van der Waals surface area (Å²) >= 11 is 3.76. The third-order valence-corrected chi connectivity index (χ3v) is 3.57. The van der Waals surface area contributed by atoms with Crippen molar-refractivity contribution in [1.29, 1.82) is 0 Å². The summed E-state index contributed by atoms with van der Waals surface area (Å²) in [5.41, 5.74) is 2.85. The largest absolute Gasteiger partial charge is 0.0839 e. The van der Waals surface area contributed by atoms with Gasteiger partial charge in [-0.2, -0.15) is 0 Å². The van der Waals surface area contributed by atoms with Crippen molar-refractivity contribution < 1.29 is 0 Å². The van der Waals surface area contributed by atoms with Crippen LogP contribution in [0.4, 0.5) is 0 Å². The Morgan fingerprint density at radius 1 is 0.938 bits per heavy atom. The zero-order valence-corrected chi connectivity index (χ0v) is 12.4. The SMILES string of the molecule is CC(C)Cc1ccc(C(Br)CC(C)C)cc1. The van der Waals surface area contributed by atoms with Crippen LogP contribution >= 0.6 is 15.9 Å². The molecule has 1 heteroatoms. The van der Waals surface area contributed by atoms with Crippen molar-refractivity contribution in [1.82, 2.24) is 0 Å². The van der Waals surface area contributed by atoms with E-state index in [1.807, 2.05) is 0 Å². The van der Waals surface area contributed by atoms with Gasteiger partial charge in [-0.15, -0.1) is 0 Å². The molecular formula is C15H23Br. The van der Waals surface area contributed by atoms with Gasteiger partial charge in [0.15, 0.2) is 0 Å². The quantitative estimate of drug-likeness (QED) is 0.637. The molecule has 0 aliphatic rings. The van der Waals surface area contributed by atoms with Gasteiger partial charge in [0.25, 0.3) is 0 Å². The van der Waals surface area contributed by atoms with E-state index in [9.17, 15) is 0 Å². The summed E-state index contributed by atoms with van der Waals surface area (Å²) in [5, 5.41) is 0. The molecule has 0 fully saturated rings. The molecule has 0 spiro atoms. The molecule has 0 N–H and O–H groups in total. The van der Waals surface area contributed by atoms with E-state index in [4.69, 9.17) is 0 Å². The average Bonchev–Trinajstić information content (AvgIpc) is 2.16. The van der Waals surface area contributed by atoms with Crippen LogP contribution in [0.15, 0.2) is 24.3 Å². The number of benzene rings is 1. The van der Waals surface area contributed by atoms with Gasteiger partial charge < -0.3 is 0 Å². The maximum atomic E-state index is 3.76. The van der Waals surface area contributed by atoms with Crippen LogP contribution in [0.1, 0.15) is 50.1 Å². The topological polar surface area (TPSA) is 0 Å². The minimum Gasteiger partial charge on any atom is -0.0839 e. The van der Waals surface area contributed by atoms with Crippen LogP contribution in [0.5, 0.6) is 0 Å². The molecule has 0 amide bonds. The summed E-state index contributed by atoms with van der Waals surface area (Å²) in [6, 6.07) is 9.06. The van der Waals surface area contributed by atoms with Gasteiger partial charge in [0, 0.05) is 4.83 Å². The molecule has 0 aromatic heterocycles. The molecule has 0 aliphatic carbocycles. The monoisotopic (exact) mass is 282 g/mol. The second-order valence-corrected chi connectivity index (χ2v) is 6.54. The van der Waals surface area contributed by atoms with Crippen molar-refractivity contribution in [2.75, 3.05) is 0 Å². The first kappa shape index (κ1) is 13.8. The fourth-order valence-electron chi connectivity index (χ4n) is 1.88. The summed E-state index contributed by atoms with van der Waals surface area (Å²) in [6.07, 6.45) is 2.38. The van der Waals surface area contributed by atoms with Crippen molar-refractivity contribution in [3.05, 3.63) is 35.4 Å². The van der Waals surface area contributed by atoms with Crippen LogP contribution in [0.2, 0.25) is 0 Å². The van der Waals surface area contributed by atoms with Gasteiger partial charge in [-0.25, -0.2) is 0 Å². The van der Waals surface area contributed by atoms with Crippen LogP contribution in [-0.2, 0) is 6.42 Å². The van der Waals surface area contributed by atoms with E-state index < -0.39 is 0 Å². The van der Waals surface area contributed by atoms with Crippen LogP contribution in [0.25, 0.3) is 0 Å². The Kier molecular flexibility index (Phi) is 5.54. The molecule has 1 aromatic rings. The predicted octanol–water partition coefficient (Wildman–Crippen LogP) is 5.37. The van der Waals surface area contributed by atoms with E-state index in [2.05, 4.69) is 67.9 Å². The molecule has 0 saturated carbocycles. The predicted molar refractivity (Wildman–Crippen MR) is 76.1 cm³/mol. The second kappa shape index (κ2) is 6.44. The summed E-state index contributed by atoms with van der Waals surface area (Å²) in [4.78, 5) is 0.501. The number of hydrogen-bond donors (Lipinski definition) is 0. The highest BCUT2D eigenvalue weighted by Gasteiger charge is 2.09. The lowest BCUT2D eigenvalue weighted by Gasteiger charge is -2.13. The standard InChI is InChI=1S/C15H23Br/c1-11(2)9-13-5-7-14(8-6-13)15(16)10-12(3)4/h5-8,11-12,15H,9-10H2,1-4H3. The van der Waals surface area contributed by atoms with Crippen LogP contribution in [-0.4, -0.2) is 0 Å². The summed E-state index contributed by atoms with van der Waals surface area (Å²) in [5.74, 6) is 1.47. The molecule has 0 bridgehead atoms. The highest BCUT2D eigenvalue weighted by Crippen LogP contribution is 2.29. The van der Waals surface area contributed by atoms with Crippen LogP contribution < -0.4 is 0 Å². The number of rotatable bonds is 5. The molecule has 1 rings (SSSR count). The third kappa shape index (κ3) is 4.69. The third-order valence-electron chi connectivity index (χ3n) is 2.66. The van der Waals surface area contributed by atoms with Gasteiger partial charge >= 0.3 is 0 Å². The van der Waals surface area contributed by atoms with E-state index in [0.29, 0.717) is 4.83 Å². The maximum Gasteiger partial charge on any atom is 0.0397 e. The van der Waals surface area contributed by atoms with E-state index in [-0.39, 0.29) is 0 Å². The Hall–Kier alpha value is -0.300. The average molecular weight is 283 g/mol. The molecule has 0 nitrogen and oxygen atoms in total. The van der Waals surface area contributed by atoms with Crippen molar-refractivity contribution in [2.24, 2.45) is 11.8 Å².